The Morgan fingerprint density at radius 1 is 0.913 bits per heavy atom. The van der Waals surface area contributed by atoms with E-state index in [0.717, 1.165) is 36.1 Å². The molecule has 0 spiro atoms. The van der Waals surface area contributed by atoms with Crippen LogP contribution in [-0.2, 0) is 16.0 Å². The topological polar surface area (TPSA) is 110 Å². The van der Waals surface area contributed by atoms with Crippen molar-refractivity contribution in [3.05, 3.63) is 71.3 Å². The summed E-state index contributed by atoms with van der Waals surface area (Å²) in [5.74, 6) is -2.42. The number of aliphatic carboxylic acids is 1. The van der Waals surface area contributed by atoms with E-state index in [0.29, 0.717) is 59.9 Å². The van der Waals surface area contributed by atoms with Crippen molar-refractivity contribution < 1.29 is 37.5 Å². The number of benzene rings is 3. The first-order chi connectivity index (χ1) is 21.8. The van der Waals surface area contributed by atoms with E-state index in [2.05, 4.69) is 34.5 Å². The molecule has 0 aliphatic carbocycles. The molecule has 0 fully saturated rings. The van der Waals surface area contributed by atoms with Gasteiger partial charge in [-0.25, -0.2) is 4.79 Å². The summed E-state index contributed by atoms with van der Waals surface area (Å²) in [5, 5.41) is 11.5. The number of aryl methyl sites for hydroxylation is 1. The maximum atomic E-state index is 13.3. The zero-order valence-corrected chi connectivity index (χ0v) is 26.9. The van der Waals surface area contributed by atoms with Gasteiger partial charge in [0.15, 0.2) is 0 Å². The van der Waals surface area contributed by atoms with Crippen LogP contribution in [0.3, 0.4) is 0 Å². The SMILES string of the molecule is CN(C)CCN1C(=O)c2cccc3cc(NC(=O)CCCc4ccc(N(CCCl)CCCl)cc4)cc(c23)C1=O.O=C(O)C(F)(F)F. The smallest absolute Gasteiger partial charge is 0.475 e. The second-order valence-corrected chi connectivity index (χ2v) is 11.5. The highest BCUT2D eigenvalue weighted by molar-refractivity contribution is 6.26. The van der Waals surface area contributed by atoms with E-state index in [-0.39, 0.29) is 17.7 Å². The molecule has 3 aromatic rings. The Morgan fingerprint density at radius 2 is 1.52 bits per heavy atom. The van der Waals surface area contributed by atoms with Gasteiger partial charge in [0.2, 0.25) is 5.91 Å². The Hall–Kier alpha value is -3.87. The van der Waals surface area contributed by atoms with Crippen LogP contribution in [0.4, 0.5) is 24.5 Å². The predicted octanol–water partition coefficient (Wildman–Crippen LogP) is 5.88. The van der Waals surface area contributed by atoms with Crippen molar-refractivity contribution in [1.82, 2.24) is 9.80 Å². The molecule has 0 unspecified atom stereocenters. The molecule has 0 saturated heterocycles. The number of nitrogens with one attached hydrogen (secondary N) is 1. The first-order valence-electron chi connectivity index (χ1n) is 14.4. The minimum Gasteiger partial charge on any atom is -0.475 e. The fraction of sp³-hybridized carbons (Fsp3) is 0.375. The lowest BCUT2D eigenvalue weighted by Gasteiger charge is -2.28. The van der Waals surface area contributed by atoms with Crippen molar-refractivity contribution in [3.63, 3.8) is 0 Å². The van der Waals surface area contributed by atoms with Crippen molar-refractivity contribution >= 4 is 69.0 Å². The molecule has 0 atom stereocenters. The molecular weight excluding hydrogens is 648 g/mol. The summed E-state index contributed by atoms with van der Waals surface area (Å²) in [4.78, 5) is 53.4. The summed E-state index contributed by atoms with van der Waals surface area (Å²) in [6.45, 7) is 2.35. The molecule has 2 N–H and O–H groups in total. The van der Waals surface area contributed by atoms with Crippen molar-refractivity contribution in [3.8, 4) is 0 Å². The molecule has 0 bridgehead atoms. The first kappa shape index (κ1) is 36.6. The molecule has 1 aliphatic heterocycles. The Labute approximate surface area is 274 Å². The minimum atomic E-state index is -5.08. The number of carboxylic acid groups (broad SMARTS) is 1. The molecule has 3 aromatic carbocycles. The number of amides is 3. The Morgan fingerprint density at radius 3 is 2.09 bits per heavy atom. The Balaban J connectivity index is 0.000000738. The Kier molecular flexibility index (Phi) is 13.2. The lowest BCUT2D eigenvalue weighted by atomic mass is 9.93. The summed E-state index contributed by atoms with van der Waals surface area (Å²) < 4.78 is 31.7. The molecule has 0 saturated carbocycles. The fourth-order valence-electron chi connectivity index (χ4n) is 4.86. The summed E-state index contributed by atoms with van der Waals surface area (Å²) >= 11 is 11.8. The van der Waals surface area contributed by atoms with Crippen LogP contribution in [0.15, 0.2) is 54.6 Å². The van der Waals surface area contributed by atoms with Gasteiger partial charge in [-0.3, -0.25) is 19.3 Å². The second kappa shape index (κ2) is 16.6. The lowest BCUT2D eigenvalue weighted by molar-refractivity contribution is -0.192. The van der Waals surface area contributed by atoms with Crippen LogP contribution < -0.4 is 10.2 Å². The van der Waals surface area contributed by atoms with Gasteiger partial charge in [0.05, 0.1) is 5.56 Å². The van der Waals surface area contributed by atoms with Gasteiger partial charge >= 0.3 is 12.1 Å². The van der Waals surface area contributed by atoms with Crippen molar-refractivity contribution in [1.29, 1.82) is 0 Å². The van der Waals surface area contributed by atoms with Gasteiger partial charge in [-0.05, 0) is 68.2 Å². The van der Waals surface area contributed by atoms with E-state index in [1.807, 2.05) is 31.1 Å². The van der Waals surface area contributed by atoms with Gasteiger partial charge in [-0.2, -0.15) is 13.2 Å². The van der Waals surface area contributed by atoms with Gasteiger partial charge in [-0.15, -0.1) is 23.2 Å². The van der Waals surface area contributed by atoms with Crippen LogP contribution in [0, 0.1) is 0 Å². The Bertz CT molecular complexity index is 1550. The molecule has 1 heterocycles. The number of carboxylic acids is 1. The highest BCUT2D eigenvalue weighted by atomic mass is 35.5. The average molecular weight is 684 g/mol. The van der Waals surface area contributed by atoms with Gasteiger partial charge in [0, 0.05) is 66.7 Å². The largest absolute Gasteiger partial charge is 0.490 e. The molecule has 0 aromatic heterocycles. The second-order valence-electron chi connectivity index (χ2n) is 10.7. The summed E-state index contributed by atoms with van der Waals surface area (Å²) in [5.41, 5.74) is 3.74. The molecule has 248 valence electrons. The van der Waals surface area contributed by atoms with E-state index in [1.165, 1.54) is 4.90 Å². The summed E-state index contributed by atoms with van der Waals surface area (Å²) in [6, 6.07) is 17.2. The molecule has 9 nitrogen and oxygen atoms in total. The maximum absolute atomic E-state index is 13.3. The molecule has 0 radical (unpaired) electrons. The number of halogens is 5. The first-order valence-corrected chi connectivity index (χ1v) is 15.5. The zero-order valence-electron chi connectivity index (χ0n) is 25.4. The van der Waals surface area contributed by atoms with E-state index in [4.69, 9.17) is 33.1 Å². The normalized spacial score (nSPS) is 12.7. The molecule has 3 amide bonds. The summed E-state index contributed by atoms with van der Waals surface area (Å²) in [7, 11) is 3.80. The molecule has 1 aliphatic rings. The van der Waals surface area contributed by atoms with Crippen molar-refractivity contribution in [2.45, 2.75) is 25.4 Å². The third kappa shape index (κ3) is 9.81. The van der Waals surface area contributed by atoms with Crippen LogP contribution in [0.5, 0.6) is 0 Å². The number of rotatable bonds is 13. The number of hydrogen-bond donors (Lipinski definition) is 2. The van der Waals surface area contributed by atoms with Gasteiger partial charge < -0.3 is 20.2 Å². The van der Waals surface area contributed by atoms with Crippen LogP contribution in [0.2, 0.25) is 0 Å². The summed E-state index contributed by atoms with van der Waals surface area (Å²) in [6.07, 6.45) is -3.28. The molecule has 14 heteroatoms. The quantitative estimate of drug-likeness (QED) is 0.171. The zero-order chi connectivity index (χ0) is 34.0. The predicted molar refractivity (Wildman–Crippen MR) is 173 cm³/mol. The monoisotopic (exact) mass is 682 g/mol. The minimum absolute atomic E-state index is 0.117. The van der Waals surface area contributed by atoms with E-state index < -0.39 is 12.1 Å². The number of anilines is 2. The number of alkyl halides is 5. The van der Waals surface area contributed by atoms with Crippen LogP contribution in [-0.4, -0.2) is 96.8 Å². The van der Waals surface area contributed by atoms with Crippen molar-refractivity contribution in [2.24, 2.45) is 0 Å². The molecular formula is C32H35Cl2F3N4O5. The third-order valence-electron chi connectivity index (χ3n) is 7.10. The van der Waals surface area contributed by atoms with Gasteiger partial charge in [0.25, 0.3) is 11.8 Å². The van der Waals surface area contributed by atoms with E-state index in [9.17, 15) is 27.6 Å². The number of hydrogen-bond acceptors (Lipinski definition) is 6. The lowest BCUT2D eigenvalue weighted by Crippen LogP contribution is -2.43. The maximum Gasteiger partial charge on any atom is 0.490 e. The van der Waals surface area contributed by atoms with E-state index in [1.54, 1.807) is 18.2 Å². The number of imide groups is 1. The van der Waals surface area contributed by atoms with Crippen LogP contribution >= 0.6 is 23.2 Å². The van der Waals surface area contributed by atoms with Gasteiger partial charge in [0.1, 0.15) is 0 Å². The number of likely N-dealkylation sites (N-methyl/N-ethyl adjacent to an activating group) is 1. The molecule has 4 rings (SSSR count). The van der Waals surface area contributed by atoms with Crippen LogP contribution in [0.25, 0.3) is 10.8 Å². The average Bonchev–Trinajstić information content (AvgIpc) is 2.99. The fourth-order valence-corrected chi connectivity index (χ4v) is 5.27. The highest BCUT2D eigenvalue weighted by Crippen LogP contribution is 2.33. The van der Waals surface area contributed by atoms with Crippen molar-refractivity contribution in [2.75, 3.05) is 62.3 Å². The standard InChI is InChI=1S/C30H34Cl2N4O3.C2HF3O2/c1-34(2)17-18-36-29(38)25-7-4-6-22-19-23(20-26(28(22)25)30(36)39)33-27(37)8-3-5-21-9-11-24(12-10-21)35(15-13-31)16-14-32;3-2(4,5)1(6)7/h4,6-7,9-12,19-20H,3,5,8,13-18H2,1-2H3,(H,33,37);(H,6,7). The van der Waals surface area contributed by atoms with Crippen LogP contribution in [0.1, 0.15) is 39.1 Å². The number of carbonyl (C=O) groups is 4. The number of nitrogens with zero attached hydrogens (tertiary/aromatic N) is 3. The van der Waals surface area contributed by atoms with Gasteiger partial charge in [-0.1, -0.05) is 24.3 Å². The number of carbonyl (C=O) groups excluding carboxylic acids is 3. The van der Waals surface area contributed by atoms with E-state index >= 15 is 0 Å². The highest BCUT2D eigenvalue weighted by Gasteiger charge is 2.38. The molecule has 46 heavy (non-hydrogen) atoms. The third-order valence-corrected chi connectivity index (χ3v) is 7.44.